The Bertz CT molecular complexity index is 507. The van der Waals surface area contributed by atoms with Gasteiger partial charge in [0.1, 0.15) is 10.7 Å². The van der Waals surface area contributed by atoms with Crippen LogP contribution < -0.4 is 11.1 Å². The number of carbonyl (C=O) groups excluding carboxylic acids is 1. The molecule has 1 aliphatic rings. The lowest BCUT2D eigenvalue weighted by Crippen LogP contribution is -2.58. The predicted octanol–water partition coefficient (Wildman–Crippen LogP) is 1.22. The Hall–Kier alpha value is -1.02. The van der Waals surface area contributed by atoms with Gasteiger partial charge in [0.05, 0.1) is 12.2 Å². The normalized spacial score (nSPS) is 23.5. The van der Waals surface area contributed by atoms with Crippen LogP contribution in [0.15, 0.2) is 5.38 Å². The van der Waals surface area contributed by atoms with Crippen molar-refractivity contribution in [3.8, 4) is 0 Å². The number of rotatable bonds is 5. The van der Waals surface area contributed by atoms with E-state index in [1.807, 2.05) is 0 Å². The Morgan fingerprint density at radius 3 is 2.68 bits per heavy atom. The number of morpholine rings is 1. The van der Waals surface area contributed by atoms with Gasteiger partial charge in [-0.15, -0.1) is 11.3 Å². The highest BCUT2D eigenvalue weighted by Crippen LogP contribution is 2.20. The van der Waals surface area contributed by atoms with Crippen LogP contribution >= 0.6 is 11.3 Å². The van der Waals surface area contributed by atoms with Crippen molar-refractivity contribution in [2.24, 2.45) is 5.73 Å². The highest BCUT2D eigenvalue weighted by atomic mass is 32.1. The van der Waals surface area contributed by atoms with E-state index in [0.717, 1.165) is 18.1 Å². The molecule has 1 aliphatic heterocycles. The number of hydrogen-bond acceptors (Lipinski definition) is 6. The molecule has 0 saturated carbocycles. The minimum Gasteiger partial charge on any atom is -0.373 e. The molecule has 2 rings (SSSR count). The second-order valence-electron chi connectivity index (χ2n) is 6.49. The molecular weight excluding hydrogens is 300 g/mol. The smallest absolute Gasteiger partial charge is 0.270 e. The Labute approximate surface area is 136 Å². The number of carbonyl (C=O) groups is 1. The third-order valence-electron chi connectivity index (χ3n) is 3.92. The van der Waals surface area contributed by atoms with Crippen molar-refractivity contribution in [2.45, 2.75) is 52.0 Å². The maximum atomic E-state index is 12.2. The molecule has 2 heterocycles. The highest BCUT2D eigenvalue weighted by Gasteiger charge is 2.33. The molecule has 1 amide bonds. The van der Waals surface area contributed by atoms with Crippen LogP contribution in [0.1, 0.15) is 43.2 Å². The van der Waals surface area contributed by atoms with Crippen LogP contribution in [-0.4, -0.2) is 53.2 Å². The molecule has 7 heteroatoms. The first-order valence-electron chi connectivity index (χ1n) is 7.65. The van der Waals surface area contributed by atoms with Gasteiger partial charge >= 0.3 is 0 Å². The summed E-state index contributed by atoms with van der Waals surface area (Å²) in [7, 11) is 0. The molecule has 1 aromatic rings. The molecule has 3 N–H and O–H groups in total. The van der Waals surface area contributed by atoms with E-state index in [-0.39, 0.29) is 23.7 Å². The standard InChI is InChI=1S/C15H26N4O2S/c1-10-6-19(7-11(2)21-10)15(3,4)9-17-14(20)12-8-22-13(5-16)18-12/h8,10-11H,5-7,9,16H2,1-4H3,(H,17,20). The molecule has 124 valence electrons. The van der Waals surface area contributed by atoms with E-state index >= 15 is 0 Å². The van der Waals surface area contributed by atoms with Crippen LogP contribution in [0.2, 0.25) is 0 Å². The van der Waals surface area contributed by atoms with E-state index in [2.05, 4.69) is 42.9 Å². The molecular formula is C15H26N4O2S. The summed E-state index contributed by atoms with van der Waals surface area (Å²) in [6.45, 7) is 11.1. The molecule has 1 aromatic heterocycles. The summed E-state index contributed by atoms with van der Waals surface area (Å²) in [5.41, 5.74) is 5.85. The SMILES string of the molecule is CC1CN(C(C)(C)CNC(=O)c2csc(CN)n2)CC(C)O1. The summed E-state index contributed by atoms with van der Waals surface area (Å²) in [6.07, 6.45) is 0.425. The van der Waals surface area contributed by atoms with E-state index < -0.39 is 0 Å². The fourth-order valence-corrected chi connectivity index (χ4v) is 3.33. The Morgan fingerprint density at radius 1 is 1.50 bits per heavy atom. The van der Waals surface area contributed by atoms with Gasteiger partial charge < -0.3 is 15.8 Å². The molecule has 0 bridgehead atoms. The van der Waals surface area contributed by atoms with Crippen LogP contribution in [-0.2, 0) is 11.3 Å². The van der Waals surface area contributed by atoms with Gasteiger partial charge in [-0.25, -0.2) is 4.98 Å². The predicted molar refractivity (Wildman–Crippen MR) is 88.0 cm³/mol. The minimum atomic E-state index is -0.140. The van der Waals surface area contributed by atoms with Crippen molar-refractivity contribution >= 4 is 17.2 Å². The van der Waals surface area contributed by atoms with Crippen LogP contribution in [0.3, 0.4) is 0 Å². The van der Waals surface area contributed by atoms with E-state index in [1.165, 1.54) is 11.3 Å². The molecule has 2 atom stereocenters. The summed E-state index contributed by atoms with van der Waals surface area (Å²) in [5, 5.41) is 5.52. The number of amides is 1. The van der Waals surface area contributed by atoms with Gasteiger partial charge in [-0.3, -0.25) is 9.69 Å². The molecule has 1 saturated heterocycles. The van der Waals surface area contributed by atoms with Crippen molar-refractivity contribution < 1.29 is 9.53 Å². The zero-order valence-electron chi connectivity index (χ0n) is 13.8. The number of nitrogens with two attached hydrogens (primary N) is 1. The van der Waals surface area contributed by atoms with Crippen LogP contribution in [0.4, 0.5) is 0 Å². The maximum Gasteiger partial charge on any atom is 0.270 e. The lowest BCUT2D eigenvalue weighted by atomic mass is 10.00. The lowest BCUT2D eigenvalue weighted by molar-refractivity contribution is -0.0948. The first-order valence-corrected chi connectivity index (χ1v) is 8.53. The molecule has 22 heavy (non-hydrogen) atoms. The molecule has 0 spiro atoms. The van der Waals surface area contributed by atoms with Crippen molar-refractivity contribution in [1.29, 1.82) is 0 Å². The fraction of sp³-hybridized carbons (Fsp3) is 0.733. The summed E-state index contributed by atoms with van der Waals surface area (Å²) in [4.78, 5) is 18.8. The first-order chi connectivity index (χ1) is 10.3. The molecule has 6 nitrogen and oxygen atoms in total. The average Bonchev–Trinajstić information content (AvgIpc) is 2.93. The largest absolute Gasteiger partial charge is 0.373 e. The fourth-order valence-electron chi connectivity index (χ4n) is 2.68. The van der Waals surface area contributed by atoms with Gasteiger partial charge in [0.15, 0.2) is 0 Å². The molecule has 2 unspecified atom stereocenters. The summed E-state index contributed by atoms with van der Waals surface area (Å²) < 4.78 is 5.77. The van der Waals surface area contributed by atoms with Gasteiger partial charge in [-0.1, -0.05) is 0 Å². The maximum absolute atomic E-state index is 12.2. The highest BCUT2D eigenvalue weighted by molar-refractivity contribution is 7.09. The van der Waals surface area contributed by atoms with Crippen LogP contribution in [0.5, 0.6) is 0 Å². The topological polar surface area (TPSA) is 80.5 Å². The van der Waals surface area contributed by atoms with Gasteiger partial charge in [-0.05, 0) is 27.7 Å². The van der Waals surface area contributed by atoms with E-state index in [1.54, 1.807) is 5.38 Å². The number of nitrogens with one attached hydrogen (secondary N) is 1. The molecule has 0 radical (unpaired) electrons. The number of nitrogens with zero attached hydrogens (tertiary/aromatic N) is 2. The summed E-state index contributed by atoms with van der Waals surface area (Å²) in [6, 6.07) is 0. The monoisotopic (exact) mass is 326 g/mol. The zero-order valence-corrected chi connectivity index (χ0v) is 14.6. The second kappa shape index (κ2) is 7.04. The lowest BCUT2D eigenvalue weighted by Gasteiger charge is -2.45. The molecule has 0 aromatic carbocycles. The van der Waals surface area contributed by atoms with Crippen molar-refractivity contribution in [2.75, 3.05) is 19.6 Å². The summed E-state index contributed by atoms with van der Waals surface area (Å²) >= 11 is 1.42. The number of aromatic nitrogens is 1. The average molecular weight is 326 g/mol. The third kappa shape index (κ3) is 4.25. The quantitative estimate of drug-likeness (QED) is 0.850. The van der Waals surface area contributed by atoms with E-state index in [4.69, 9.17) is 10.5 Å². The zero-order chi connectivity index (χ0) is 16.3. The van der Waals surface area contributed by atoms with Crippen molar-refractivity contribution in [3.63, 3.8) is 0 Å². The third-order valence-corrected chi connectivity index (χ3v) is 4.79. The minimum absolute atomic E-state index is 0.130. The first kappa shape index (κ1) is 17.3. The Morgan fingerprint density at radius 2 is 2.14 bits per heavy atom. The number of thiazole rings is 1. The van der Waals surface area contributed by atoms with E-state index in [0.29, 0.717) is 18.8 Å². The van der Waals surface area contributed by atoms with Crippen LogP contribution in [0, 0.1) is 0 Å². The van der Waals surface area contributed by atoms with Crippen molar-refractivity contribution in [3.05, 3.63) is 16.1 Å². The van der Waals surface area contributed by atoms with E-state index in [9.17, 15) is 4.79 Å². The summed E-state index contributed by atoms with van der Waals surface area (Å²) in [5.74, 6) is -0.140. The van der Waals surface area contributed by atoms with Crippen LogP contribution in [0.25, 0.3) is 0 Å². The van der Waals surface area contributed by atoms with Gasteiger partial charge in [0.25, 0.3) is 5.91 Å². The Balaban J connectivity index is 1.92. The molecule has 1 fully saturated rings. The molecule has 0 aliphatic carbocycles. The number of ether oxygens (including phenoxy) is 1. The van der Waals surface area contributed by atoms with Crippen molar-refractivity contribution in [1.82, 2.24) is 15.2 Å². The number of hydrogen-bond donors (Lipinski definition) is 2. The van der Waals surface area contributed by atoms with Gasteiger partial charge in [-0.2, -0.15) is 0 Å². The van der Waals surface area contributed by atoms with Gasteiger partial charge in [0, 0.05) is 37.1 Å². The van der Waals surface area contributed by atoms with Gasteiger partial charge in [0.2, 0.25) is 0 Å². The Kier molecular flexibility index (Phi) is 5.55. The second-order valence-corrected chi connectivity index (χ2v) is 7.43.